The number of guanidine groups is 1. The van der Waals surface area contributed by atoms with Gasteiger partial charge in [-0.3, -0.25) is 20.4 Å². The highest BCUT2D eigenvalue weighted by molar-refractivity contribution is 5.74. The van der Waals surface area contributed by atoms with Crippen molar-refractivity contribution in [3.8, 4) is 0 Å². The topological polar surface area (TPSA) is 67.4 Å². The minimum atomic E-state index is -0.181. The third kappa shape index (κ3) is 4.65. The maximum Gasteiger partial charge on any atom is 0.344 e. The van der Waals surface area contributed by atoms with Crippen molar-refractivity contribution in [1.29, 1.82) is 0 Å². The number of nitrogens with one attached hydrogen (secondary N) is 1. The summed E-state index contributed by atoms with van der Waals surface area (Å²) >= 11 is 0. The summed E-state index contributed by atoms with van der Waals surface area (Å²) in [4.78, 5) is 11.4. The Kier molecular flexibility index (Phi) is 6.31. The first kappa shape index (κ1) is 18.5. The lowest BCUT2D eigenvalue weighted by atomic mass is 10.0. The Morgan fingerprint density at radius 1 is 1.35 bits per heavy atom. The number of fused-ring (bicyclic) bond motifs is 1. The Hall–Kier alpha value is -2.30. The average molecular weight is 356 g/mol. The summed E-state index contributed by atoms with van der Waals surface area (Å²) in [6.45, 7) is 2.25. The zero-order valence-corrected chi connectivity index (χ0v) is 15.6. The third-order valence-electron chi connectivity index (χ3n) is 5.32. The minimum Gasteiger partial charge on any atom is -0.466 e. The van der Waals surface area contributed by atoms with Crippen LogP contribution in [0.4, 0.5) is 0 Å². The van der Waals surface area contributed by atoms with Gasteiger partial charge in [0.2, 0.25) is 0 Å². The van der Waals surface area contributed by atoms with Gasteiger partial charge in [-0.15, -0.1) is 0 Å². The van der Waals surface area contributed by atoms with E-state index in [0.717, 1.165) is 25.2 Å². The number of esters is 1. The monoisotopic (exact) mass is 356 g/mol. The average Bonchev–Trinajstić information content (AvgIpc) is 3.05. The smallest absolute Gasteiger partial charge is 0.344 e. The first-order chi connectivity index (χ1) is 12.7. The molecule has 3 N–H and O–H groups in total. The van der Waals surface area contributed by atoms with E-state index in [1.807, 2.05) is 13.0 Å². The second kappa shape index (κ2) is 8.88. The summed E-state index contributed by atoms with van der Waals surface area (Å²) in [6, 6.07) is 11.8. The number of carbonyl (C=O) groups excluding carboxylic acids is 1. The Bertz CT molecular complexity index is 669. The number of hydrogen-bond donors (Lipinski definition) is 2. The van der Waals surface area contributed by atoms with Crippen LogP contribution in [0.5, 0.6) is 0 Å². The molecule has 2 aliphatic heterocycles. The molecule has 0 amide bonds. The van der Waals surface area contributed by atoms with Gasteiger partial charge in [0.05, 0.1) is 31.2 Å². The van der Waals surface area contributed by atoms with E-state index < -0.39 is 0 Å². The molecule has 0 saturated carbocycles. The van der Waals surface area contributed by atoms with Crippen LogP contribution in [0.3, 0.4) is 0 Å². The zero-order chi connectivity index (χ0) is 18.4. The van der Waals surface area contributed by atoms with E-state index >= 15 is 0 Å². The molecule has 1 aromatic rings. The molecule has 3 rings (SSSR count). The van der Waals surface area contributed by atoms with Crippen molar-refractivity contribution in [1.82, 2.24) is 5.32 Å². The van der Waals surface area contributed by atoms with Gasteiger partial charge in [-0.05, 0) is 38.2 Å². The third-order valence-corrected chi connectivity index (χ3v) is 5.32. The van der Waals surface area contributed by atoms with Crippen molar-refractivity contribution in [2.75, 3.05) is 6.61 Å². The fourth-order valence-electron chi connectivity index (χ4n) is 4.14. The number of ether oxygens (including phenoxy) is 1. The quantitative estimate of drug-likeness (QED) is 0.447. The summed E-state index contributed by atoms with van der Waals surface area (Å²) in [6.07, 6.45) is 9.89. The van der Waals surface area contributed by atoms with E-state index in [-0.39, 0.29) is 12.0 Å². The maximum absolute atomic E-state index is 11.4. The lowest BCUT2D eigenvalue weighted by molar-refractivity contribution is -0.587. The second-order valence-corrected chi connectivity index (χ2v) is 7.13. The van der Waals surface area contributed by atoms with Gasteiger partial charge < -0.3 is 4.74 Å². The first-order valence-corrected chi connectivity index (χ1v) is 9.71. The Morgan fingerprint density at radius 2 is 2.15 bits per heavy atom. The van der Waals surface area contributed by atoms with Crippen LogP contribution in [0.2, 0.25) is 0 Å². The van der Waals surface area contributed by atoms with Gasteiger partial charge in [-0.1, -0.05) is 42.5 Å². The van der Waals surface area contributed by atoms with Gasteiger partial charge in [0.15, 0.2) is 0 Å². The molecular formula is C21H30N3O2+. The van der Waals surface area contributed by atoms with E-state index in [9.17, 15) is 4.79 Å². The summed E-state index contributed by atoms with van der Waals surface area (Å²) < 4.78 is 7.34. The molecule has 26 heavy (non-hydrogen) atoms. The van der Waals surface area contributed by atoms with Gasteiger partial charge in [-0.25, -0.2) is 0 Å². The van der Waals surface area contributed by atoms with E-state index in [1.54, 1.807) is 0 Å². The highest BCUT2D eigenvalue weighted by atomic mass is 16.5. The highest BCUT2D eigenvalue weighted by Crippen LogP contribution is 2.28. The number of nitrogens with two attached hydrogens (primary N) is 1. The Morgan fingerprint density at radius 3 is 2.92 bits per heavy atom. The molecule has 3 atom stereocenters. The van der Waals surface area contributed by atoms with Crippen molar-refractivity contribution in [2.24, 2.45) is 5.73 Å². The molecule has 5 nitrogen and oxygen atoms in total. The standard InChI is InChI=1S/C21H29N3O2/c1-2-26-20(25)10-6-9-17-15-19-14-13-18(24(19)21(22)23-17)12-11-16-7-4-3-5-8-16/h3-9,17-19H,2,10-15H2,1H3,(H2,22,23)/p+1/b9-6+/t17-,18-,19+/m0/s1. The van der Waals surface area contributed by atoms with Crippen LogP contribution in [0, 0.1) is 0 Å². The van der Waals surface area contributed by atoms with Crippen LogP contribution in [-0.2, 0) is 16.0 Å². The molecule has 0 unspecified atom stereocenters. The van der Waals surface area contributed by atoms with E-state index in [1.165, 1.54) is 18.4 Å². The fourth-order valence-corrected chi connectivity index (χ4v) is 4.14. The zero-order valence-electron chi connectivity index (χ0n) is 15.6. The van der Waals surface area contributed by atoms with Crippen molar-refractivity contribution < 1.29 is 14.1 Å². The predicted molar refractivity (Wildman–Crippen MR) is 103 cm³/mol. The van der Waals surface area contributed by atoms with E-state index in [2.05, 4.69) is 46.3 Å². The molecule has 1 saturated heterocycles. The summed E-state index contributed by atoms with van der Waals surface area (Å²) in [5, 5.41) is 3.40. The lowest BCUT2D eigenvalue weighted by Gasteiger charge is -2.27. The lowest BCUT2D eigenvalue weighted by Crippen LogP contribution is -2.54. The van der Waals surface area contributed by atoms with Crippen LogP contribution in [-0.4, -0.2) is 41.2 Å². The number of nitrogens with zero attached hydrogens (tertiary/aromatic N) is 1. The molecule has 5 heteroatoms. The van der Waals surface area contributed by atoms with Crippen LogP contribution >= 0.6 is 0 Å². The molecule has 0 spiro atoms. The molecule has 1 aromatic carbocycles. The minimum absolute atomic E-state index is 0.181. The first-order valence-electron chi connectivity index (χ1n) is 9.71. The van der Waals surface area contributed by atoms with Crippen molar-refractivity contribution >= 4 is 11.9 Å². The predicted octanol–water partition coefficient (Wildman–Crippen LogP) is 2.35. The van der Waals surface area contributed by atoms with Crippen molar-refractivity contribution in [2.45, 2.75) is 63.6 Å². The second-order valence-electron chi connectivity index (χ2n) is 7.13. The number of carbonyl (C=O) groups is 1. The molecule has 2 heterocycles. The molecule has 0 bridgehead atoms. The number of benzene rings is 1. The Labute approximate surface area is 155 Å². The molecule has 0 radical (unpaired) electrons. The summed E-state index contributed by atoms with van der Waals surface area (Å²) in [5.41, 5.74) is 7.74. The van der Waals surface area contributed by atoms with Crippen LogP contribution in [0.25, 0.3) is 0 Å². The highest BCUT2D eigenvalue weighted by Gasteiger charge is 2.39. The van der Waals surface area contributed by atoms with E-state index in [4.69, 9.17) is 10.5 Å². The normalized spacial score (nSPS) is 25.2. The molecule has 0 aromatic heterocycles. The van der Waals surface area contributed by atoms with Crippen molar-refractivity contribution in [3.05, 3.63) is 48.0 Å². The molecule has 2 aliphatic rings. The largest absolute Gasteiger partial charge is 0.466 e. The Balaban J connectivity index is 1.56. The van der Waals surface area contributed by atoms with Gasteiger partial charge >= 0.3 is 11.9 Å². The summed E-state index contributed by atoms with van der Waals surface area (Å²) in [5.74, 6) is 0.600. The summed E-state index contributed by atoms with van der Waals surface area (Å²) in [7, 11) is 0. The van der Waals surface area contributed by atoms with Gasteiger partial charge in [0.1, 0.15) is 0 Å². The van der Waals surface area contributed by atoms with Crippen LogP contribution < -0.4 is 11.1 Å². The number of aryl methyl sites for hydroxylation is 1. The van der Waals surface area contributed by atoms with Crippen molar-refractivity contribution in [3.63, 3.8) is 0 Å². The fraction of sp³-hybridized carbons (Fsp3) is 0.524. The van der Waals surface area contributed by atoms with Gasteiger partial charge in [-0.2, -0.15) is 0 Å². The number of hydrogen-bond acceptors (Lipinski definition) is 4. The number of rotatable bonds is 7. The molecular weight excluding hydrogens is 326 g/mol. The van der Waals surface area contributed by atoms with Crippen LogP contribution in [0.15, 0.2) is 42.5 Å². The molecule has 1 fully saturated rings. The van der Waals surface area contributed by atoms with Crippen LogP contribution in [0.1, 0.15) is 44.6 Å². The van der Waals surface area contributed by atoms with Gasteiger partial charge in [0, 0.05) is 6.42 Å². The van der Waals surface area contributed by atoms with E-state index in [0.29, 0.717) is 25.1 Å². The van der Waals surface area contributed by atoms with Gasteiger partial charge in [0.25, 0.3) is 0 Å². The molecule has 140 valence electrons. The maximum atomic E-state index is 11.4. The molecule has 0 aliphatic carbocycles. The SMILES string of the molecule is CCOC(=O)C/C=C/[C@H]1C[C@H]2CC[C@H](CCc3ccccc3)[N+]2=C(N)N1.